The fourth-order valence-corrected chi connectivity index (χ4v) is 1.84. The summed E-state index contributed by atoms with van der Waals surface area (Å²) in [7, 11) is 0. The zero-order valence-corrected chi connectivity index (χ0v) is 8.78. The maximum atomic E-state index is 11.5. The number of rotatable bonds is 2. The Bertz CT molecular complexity index is 222. The summed E-state index contributed by atoms with van der Waals surface area (Å²) in [4.78, 5) is 22.5. The van der Waals surface area contributed by atoms with E-state index in [0.717, 1.165) is 0 Å². The summed E-state index contributed by atoms with van der Waals surface area (Å²) in [5.74, 6) is -0.802. The van der Waals surface area contributed by atoms with Crippen LogP contribution in [0.2, 0.25) is 0 Å². The van der Waals surface area contributed by atoms with Crippen LogP contribution in [0, 0.1) is 11.8 Å². The van der Waals surface area contributed by atoms with E-state index in [1.54, 1.807) is 13.8 Å². The van der Waals surface area contributed by atoms with Gasteiger partial charge in [-0.15, -0.1) is 0 Å². The predicted octanol–water partition coefficient (Wildman–Crippen LogP) is 1.14. The molecule has 0 aliphatic carbocycles. The molecule has 80 valence electrons. The lowest BCUT2D eigenvalue weighted by atomic mass is 9.85. The molecule has 0 spiro atoms. The fraction of sp³-hybridized carbons (Fsp3) is 0.800. The van der Waals surface area contributed by atoms with E-state index < -0.39 is 0 Å². The largest absolute Gasteiger partial charge is 0.466 e. The SMILES string of the molecule is CCOC(=O)[C@@H]1[C@H](C)OC(=O)C[C@@H]1C. The van der Waals surface area contributed by atoms with E-state index in [-0.39, 0.29) is 29.9 Å². The van der Waals surface area contributed by atoms with Crippen LogP contribution in [0.5, 0.6) is 0 Å². The lowest BCUT2D eigenvalue weighted by Crippen LogP contribution is -2.41. The van der Waals surface area contributed by atoms with Gasteiger partial charge in [0.1, 0.15) is 6.10 Å². The number of carbonyl (C=O) groups is 2. The average Bonchev–Trinajstić information content (AvgIpc) is 2.01. The van der Waals surface area contributed by atoms with Gasteiger partial charge in [0, 0.05) is 6.42 Å². The summed E-state index contributed by atoms with van der Waals surface area (Å²) < 4.78 is 9.92. The van der Waals surface area contributed by atoms with Gasteiger partial charge in [-0.2, -0.15) is 0 Å². The van der Waals surface area contributed by atoms with Gasteiger partial charge in [0.2, 0.25) is 0 Å². The molecule has 0 aromatic heterocycles. The molecule has 0 aromatic carbocycles. The molecule has 1 aliphatic heterocycles. The van der Waals surface area contributed by atoms with Crippen LogP contribution in [-0.2, 0) is 19.1 Å². The Hall–Kier alpha value is -1.06. The van der Waals surface area contributed by atoms with Crippen molar-refractivity contribution in [1.82, 2.24) is 0 Å². The summed E-state index contributed by atoms with van der Waals surface area (Å²) in [5, 5.41) is 0. The molecule has 1 saturated heterocycles. The first-order valence-corrected chi connectivity index (χ1v) is 4.92. The summed E-state index contributed by atoms with van der Waals surface area (Å²) in [6, 6.07) is 0. The van der Waals surface area contributed by atoms with E-state index >= 15 is 0 Å². The highest BCUT2D eigenvalue weighted by Gasteiger charge is 2.39. The van der Waals surface area contributed by atoms with Crippen LogP contribution in [-0.4, -0.2) is 24.6 Å². The molecule has 1 fully saturated rings. The van der Waals surface area contributed by atoms with Crippen molar-refractivity contribution in [2.24, 2.45) is 11.8 Å². The maximum absolute atomic E-state index is 11.5. The molecule has 14 heavy (non-hydrogen) atoms. The number of carbonyl (C=O) groups excluding carboxylic acids is 2. The third-order valence-corrected chi connectivity index (χ3v) is 2.48. The smallest absolute Gasteiger partial charge is 0.312 e. The highest BCUT2D eigenvalue weighted by atomic mass is 16.6. The maximum Gasteiger partial charge on any atom is 0.312 e. The van der Waals surface area contributed by atoms with Gasteiger partial charge in [0.15, 0.2) is 0 Å². The third kappa shape index (κ3) is 2.25. The first-order valence-electron chi connectivity index (χ1n) is 4.92. The molecular weight excluding hydrogens is 184 g/mol. The number of hydrogen-bond acceptors (Lipinski definition) is 4. The number of hydrogen-bond donors (Lipinski definition) is 0. The molecule has 1 rings (SSSR count). The molecule has 4 heteroatoms. The van der Waals surface area contributed by atoms with Gasteiger partial charge in [0.05, 0.1) is 12.5 Å². The van der Waals surface area contributed by atoms with Gasteiger partial charge in [-0.1, -0.05) is 6.92 Å². The lowest BCUT2D eigenvalue weighted by Gasteiger charge is -2.31. The third-order valence-electron chi connectivity index (χ3n) is 2.48. The molecule has 4 nitrogen and oxygen atoms in total. The van der Waals surface area contributed by atoms with Crippen LogP contribution >= 0.6 is 0 Å². The minimum atomic E-state index is -0.370. The minimum Gasteiger partial charge on any atom is -0.466 e. The summed E-state index contributed by atoms with van der Waals surface area (Å²) in [5.41, 5.74) is 0. The second-order valence-electron chi connectivity index (χ2n) is 3.65. The van der Waals surface area contributed by atoms with Gasteiger partial charge in [-0.3, -0.25) is 9.59 Å². The first kappa shape index (κ1) is 11.0. The van der Waals surface area contributed by atoms with Gasteiger partial charge in [-0.25, -0.2) is 0 Å². The van der Waals surface area contributed by atoms with Crippen molar-refractivity contribution < 1.29 is 19.1 Å². The molecule has 0 N–H and O–H groups in total. The van der Waals surface area contributed by atoms with Crippen molar-refractivity contribution in [1.29, 1.82) is 0 Å². The molecule has 3 atom stereocenters. The lowest BCUT2D eigenvalue weighted by molar-refractivity contribution is -0.172. The topological polar surface area (TPSA) is 52.6 Å². The van der Waals surface area contributed by atoms with Crippen LogP contribution in [0.3, 0.4) is 0 Å². The quantitative estimate of drug-likeness (QED) is 0.627. The molecule has 0 unspecified atom stereocenters. The molecular formula is C10H16O4. The molecule has 0 amide bonds. The van der Waals surface area contributed by atoms with Gasteiger partial charge in [0.25, 0.3) is 0 Å². The summed E-state index contributed by atoms with van der Waals surface area (Å²) in [6.45, 7) is 5.73. The van der Waals surface area contributed by atoms with E-state index in [4.69, 9.17) is 9.47 Å². The zero-order chi connectivity index (χ0) is 10.7. The monoisotopic (exact) mass is 200 g/mol. The number of ether oxygens (including phenoxy) is 2. The van der Waals surface area contributed by atoms with Gasteiger partial charge in [-0.05, 0) is 19.8 Å². The van der Waals surface area contributed by atoms with Crippen molar-refractivity contribution >= 4 is 11.9 Å². The molecule has 0 bridgehead atoms. The van der Waals surface area contributed by atoms with Gasteiger partial charge >= 0.3 is 11.9 Å². The highest BCUT2D eigenvalue weighted by molar-refractivity contribution is 5.78. The Labute approximate surface area is 83.6 Å². The predicted molar refractivity (Wildman–Crippen MR) is 49.5 cm³/mol. The number of cyclic esters (lactones) is 1. The van der Waals surface area contributed by atoms with E-state index in [1.807, 2.05) is 6.92 Å². The van der Waals surface area contributed by atoms with Crippen LogP contribution in [0.1, 0.15) is 27.2 Å². The standard InChI is InChI=1S/C10H16O4/c1-4-13-10(12)9-6(2)5-8(11)14-7(9)3/h6-7,9H,4-5H2,1-3H3/t6-,7-,9-/m0/s1. The van der Waals surface area contributed by atoms with Crippen LogP contribution < -0.4 is 0 Å². The van der Waals surface area contributed by atoms with Crippen molar-refractivity contribution in [2.75, 3.05) is 6.61 Å². The van der Waals surface area contributed by atoms with E-state index in [9.17, 15) is 9.59 Å². The van der Waals surface area contributed by atoms with E-state index in [0.29, 0.717) is 13.0 Å². The summed E-state index contributed by atoms with van der Waals surface area (Å²) >= 11 is 0. The first-order chi connectivity index (χ1) is 6.56. The molecule has 1 aliphatic rings. The second-order valence-corrected chi connectivity index (χ2v) is 3.65. The van der Waals surface area contributed by atoms with Crippen molar-refractivity contribution in [3.05, 3.63) is 0 Å². The minimum absolute atomic E-state index is 0.00491. The van der Waals surface area contributed by atoms with Crippen molar-refractivity contribution in [3.8, 4) is 0 Å². The highest BCUT2D eigenvalue weighted by Crippen LogP contribution is 2.28. The number of esters is 2. The van der Waals surface area contributed by atoms with Crippen LogP contribution in [0.4, 0.5) is 0 Å². The molecule has 0 aromatic rings. The van der Waals surface area contributed by atoms with Gasteiger partial charge < -0.3 is 9.47 Å². The Kier molecular flexibility index (Phi) is 3.49. The second kappa shape index (κ2) is 4.44. The van der Waals surface area contributed by atoms with E-state index in [2.05, 4.69) is 0 Å². The van der Waals surface area contributed by atoms with Crippen molar-refractivity contribution in [3.63, 3.8) is 0 Å². The van der Waals surface area contributed by atoms with E-state index in [1.165, 1.54) is 0 Å². The average molecular weight is 200 g/mol. The summed E-state index contributed by atoms with van der Waals surface area (Å²) in [6.07, 6.45) is -0.0707. The molecule has 1 heterocycles. The Morgan fingerprint density at radius 1 is 1.57 bits per heavy atom. The van der Waals surface area contributed by atoms with Crippen molar-refractivity contribution in [2.45, 2.75) is 33.3 Å². The Balaban J connectivity index is 2.66. The molecule has 0 saturated carbocycles. The Morgan fingerprint density at radius 2 is 2.21 bits per heavy atom. The van der Waals surface area contributed by atoms with Crippen LogP contribution in [0.15, 0.2) is 0 Å². The fourth-order valence-electron chi connectivity index (χ4n) is 1.84. The van der Waals surface area contributed by atoms with Crippen LogP contribution in [0.25, 0.3) is 0 Å². The Morgan fingerprint density at radius 3 is 2.71 bits per heavy atom. The molecule has 0 radical (unpaired) electrons. The zero-order valence-electron chi connectivity index (χ0n) is 8.78. The normalized spacial score (nSPS) is 32.2.